The fourth-order valence-corrected chi connectivity index (χ4v) is 4.76. The molecule has 3 aromatic carbocycles. The summed E-state index contributed by atoms with van der Waals surface area (Å²) in [4.78, 5) is 25.4. The zero-order valence-electron chi connectivity index (χ0n) is 19.0. The van der Waals surface area contributed by atoms with Gasteiger partial charge in [-0.1, -0.05) is 47.5 Å². The first-order chi connectivity index (χ1) is 16.6. The van der Waals surface area contributed by atoms with Crippen LogP contribution in [0.4, 0.5) is 0 Å². The van der Waals surface area contributed by atoms with Gasteiger partial charge in [0.1, 0.15) is 11.3 Å². The van der Waals surface area contributed by atoms with Gasteiger partial charge in [0, 0.05) is 12.6 Å². The highest BCUT2D eigenvalue weighted by Gasteiger charge is 2.17. The molecule has 180 valence electrons. The molecule has 9 heteroatoms. The zero-order valence-corrected chi connectivity index (χ0v) is 20.6. The number of rotatable bonds is 7. The topological polar surface area (TPSA) is 103 Å². The molecule has 0 unspecified atom stereocenters. The van der Waals surface area contributed by atoms with Gasteiger partial charge in [-0.2, -0.15) is 0 Å². The Hall–Kier alpha value is -3.46. The van der Waals surface area contributed by atoms with Crippen molar-refractivity contribution in [3.8, 4) is 16.9 Å². The van der Waals surface area contributed by atoms with Crippen molar-refractivity contribution in [3.05, 3.63) is 93.3 Å². The number of carbonyl (C=O) groups is 1. The normalized spacial score (nSPS) is 11.5. The Balaban J connectivity index is 1.45. The molecule has 0 saturated carbocycles. The minimum atomic E-state index is -3.74. The quantitative estimate of drug-likeness (QED) is 0.276. The van der Waals surface area contributed by atoms with Gasteiger partial charge < -0.3 is 9.15 Å². The van der Waals surface area contributed by atoms with Crippen molar-refractivity contribution in [2.24, 2.45) is 0 Å². The van der Waals surface area contributed by atoms with Crippen LogP contribution in [0.25, 0.3) is 22.1 Å². The van der Waals surface area contributed by atoms with Crippen molar-refractivity contribution in [1.82, 2.24) is 4.72 Å². The van der Waals surface area contributed by atoms with Crippen molar-refractivity contribution in [3.63, 3.8) is 0 Å². The molecular formula is C26H22ClNO6S. The number of esters is 1. The van der Waals surface area contributed by atoms with Crippen LogP contribution in [0, 0.1) is 13.8 Å². The number of benzene rings is 3. The summed E-state index contributed by atoms with van der Waals surface area (Å²) in [6.07, 6.45) is -0.194. The average molecular weight is 512 g/mol. The highest BCUT2D eigenvalue weighted by atomic mass is 35.5. The molecule has 0 spiro atoms. The Morgan fingerprint density at radius 2 is 1.60 bits per heavy atom. The third-order valence-electron chi connectivity index (χ3n) is 5.35. The van der Waals surface area contributed by atoms with Gasteiger partial charge in [-0.3, -0.25) is 9.59 Å². The molecule has 1 heterocycles. The summed E-state index contributed by atoms with van der Waals surface area (Å²) >= 11 is 6.27. The first-order valence-corrected chi connectivity index (χ1v) is 12.6. The van der Waals surface area contributed by atoms with Gasteiger partial charge in [0.15, 0.2) is 0 Å². The monoisotopic (exact) mass is 511 g/mol. The first kappa shape index (κ1) is 24.7. The third kappa shape index (κ3) is 5.62. The summed E-state index contributed by atoms with van der Waals surface area (Å²) in [7, 11) is -3.74. The van der Waals surface area contributed by atoms with E-state index in [0.717, 1.165) is 11.1 Å². The molecule has 7 nitrogen and oxygen atoms in total. The van der Waals surface area contributed by atoms with Crippen LogP contribution in [0.1, 0.15) is 17.5 Å². The number of halogens is 1. The van der Waals surface area contributed by atoms with Crippen molar-refractivity contribution in [2.45, 2.75) is 25.2 Å². The Labute approximate surface area is 207 Å². The van der Waals surface area contributed by atoms with Crippen LogP contribution < -0.4 is 14.9 Å². The number of ether oxygens (including phenoxy) is 1. The molecule has 1 aromatic heterocycles. The predicted molar refractivity (Wildman–Crippen MR) is 134 cm³/mol. The molecule has 0 saturated heterocycles. The fourth-order valence-electron chi connectivity index (χ4n) is 3.45. The van der Waals surface area contributed by atoms with E-state index in [1.807, 2.05) is 26.0 Å². The fraction of sp³-hybridized carbons (Fsp3) is 0.154. The number of sulfonamides is 1. The summed E-state index contributed by atoms with van der Waals surface area (Å²) in [5, 5.41) is 0.218. The summed E-state index contributed by atoms with van der Waals surface area (Å²) in [5.41, 5.74) is 2.74. The van der Waals surface area contributed by atoms with E-state index in [9.17, 15) is 18.0 Å². The van der Waals surface area contributed by atoms with Crippen LogP contribution in [0.5, 0.6) is 5.75 Å². The summed E-state index contributed by atoms with van der Waals surface area (Å²) in [6, 6.07) is 18.1. The predicted octanol–water partition coefficient (Wildman–Crippen LogP) is 5.00. The molecule has 0 atom stereocenters. The second kappa shape index (κ2) is 10.0. The highest BCUT2D eigenvalue weighted by Crippen LogP contribution is 2.30. The molecule has 1 N–H and O–H groups in total. The summed E-state index contributed by atoms with van der Waals surface area (Å²) in [5.74, 6) is -0.508. The minimum Gasteiger partial charge on any atom is -0.444 e. The van der Waals surface area contributed by atoms with E-state index >= 15 is 0 Å². The molecule has 0 radical (unpaired) electrons. The smallest absolute Gasteiger partial charge is 0.312 e. The van der Waals surface area contributed by atoms with Crippen molar-refractivity contribution in [2.75, 3.05) is 6.54 Å². The van der Waals surface area contributed by atoms with E-state index < -0.39 is 16.0 Å². The maximum atomic E-state index is 13.0. The molecule has 35 heavy (non-hydrogen) atoms. The van der Waals surface area contributed by atoms with Crippen molar-refractivity contribution in [1.29, 1.82) is 0 Å². The number of nitrogens with one attached hydrogen (secondary N) is 1. The molecule has 4 rings (SSSR count). The van der Waals surface area contributed by atoms with Crippen molar-refractivity contribution < 1.29 is 22.4 Å². The molecule has 4 aromatic rings. The van der Waals surface area contributed by atoms with Crippen molar-refractivity contribution >= 4 is 38.6 Å². The molecule has 0 bridgehead atoms. The molecule has 0 aliphatic heterocycles. The maximum absolute atomic E-state index is 13.0. The summed E-state index contributed by atoms with van der Waals surface area (Å²) in [6.45, 7) is 3.66. The lowest BCUT2D eigenvalue weighted by Gasteiger charge is -2.09. The van der Waals surface area contributed by atoms with E-state index in [1.165, 1.54) is 30.3 Å². The Morgan fingerprint density at radius 1 is 0.971 bits per heavy atom. The van der Waals surface area contributed by atoms with Crippen LogP contribution in [-0.2, 0) is 14.8 Å². The number of hydrogen-bond donors (Lipinski definition) is 1. The Morgan fingerprint density at radius 3 is 2.26 bits per heavy atom. The lowest BCUT2D eigenvalue weighted by atomic mass is 10.0. The molecule has 0 amide bonds. The highest BCUT2D eigenvalue weighted by molar-refractivity contribution is 7.89. The molecular weight excluding hydrogens is 490 g/mol. The van der Waals surface area contributed by atoms with E-state index in [4.69, 9.17) is 20.8 Å². The largest absolute Gasteiger partial charge is 0.444 e. The number of fused-ring (bicyclic) bond motifs is 1. The van der Waals surface area contributed by atoms with E-state index in [0.29, 0.717) is 5.56 Å². The second-order valence-electron chi connectivity index (χ2n) is 8.04. The summed E-state index contributed by atoms with van der Waals surface area (Å²) < 4.78 is 38.0. The molecule has 0 aliphatic carbocycles. The van der Waals surface area contributed by atoms with Crippen LogP contribution in [0.15, 0.2) is 80.8 Å². The van der Waals surface area contributed by atoms with E-state index in [1.54, 1.807) is 24.3 Å². The number of carbonyl (C=O) groups excluding carboxylic acids is 1. The van der Waals surface area contributed by atoms with Crippen LogP contribution >= 0.6 is 11.6 Å². The SMILES string of the molecule is Cc1ccc(-c2c(Cl)oc3cc(OC(=O)CCNS(=O)(=O)c4ccc(C)cc4)ccc3c2=O)cc1. The standard InChI is InChI=1S/C26H22ClNO6S/c1-16-3-7-18(8-4-16)24-25(30)21-12-9-19(15-22(21)34-26(24)27)33-23(29)13-14-28-35(31,32)20-10-5-17(2)6-11-20/h3-12,15,28H,13-14H2,1-2H3. The van der Waals surface area contributed by atoms with Gasteiger partial charge in [0.25, 0.3) is 0 Å². The number of hydrogen-bond acceptors (Lipinski definition) is 6. The van der Waals surface area contributed by atoms with Crippen LogP contribution in [0.3, 0.4) is 0 Å². The molecule has 0 fully saturated rings. The maximum Gasteiger partial charge on any atom is 0.312 e. The third-order valence-corrected chi connectivity index (χ3v) is 7.09. The van der Waals surface area contributed by atoms with Gasteiger partial charge in [-0.25, -0.2) is 13.1 Å². The Kier molecular flexibility index (Phi) is 7.07. The van der Waals surface area contributed by atoms with Gasteiger partial charge in [0.2, 0.25) is 20.7 Å². The molecule has 0 aliphatic rings. The second-order valence-corrected chi connectivity index (χ2v) is 10.1. The van der Waals surface area contributed by atoms with Crippen LogP contribution in [0.2, 0.25) is 5.22 Å². The van der Waals surface area contributed by atoms with Gasteiger partial charge in [0.05, 0.1) is 22.3 Å². The van der Waals surface area contributed by atoms with Gasteiger partial charge in [-0.05, 0) is 55.3 Å². The van der Waals surface area contributed by atoms with Crippen LogP contribution in [-0.4, -0.2) is 20.9 Å². The van der Waals surface area contributed by atoms with E-state index in [-0.39, 0.29) is 50.8 Å². The Bertz CT molecular complexity index is 1560. The van der Waals surface area contributed by atoms with Gasteiger partial charge >= 0.3 is 5.97 Å². The average Bonchev–Trinajstić information content (AvgIpc) is 2.80. The lowest BCUT2D eigenvalue weighted by Crippen LogP contribution is -2.27. The first-order valence-electron chi connectivity index (χ1n) is 10.7. The van der Waals surface area contributed by atoms with E-state index in [2.05, 4.69) is 4.72 Å². The zero-order chi connectivity index (χ0) is 25.2. The minimum absolute atomic E-state index is 0.0691. The van der Waals surface area contributed by atoms with Gasteiger partial charge in [-0.15, -0.1) is 0 Å². The lowest BCUT2D eigenvalue weighted by molar-refractivity contribution is -0.134. The number of aryl methyl sites for hydroxylation is 2.